The van der Waals surface area contributed by atoms with Gasteiger partial charge in [0.2, 0.25) is 5.91 Å². The highest BCUT2D eigenvalue weighted by molar-refractivity contribution is 9.10. The van der Waals surface area contributed by atoms with Gasteiger partial charge in [-0.05, 0) is 48.4 Å². The Morgan fingerprint density at radius 2 is 1.68 bits per heavy atom. The fourth-order valence-corrected chi connectivity index (χ4v) is 4.79. The second-order valence-corrected chi connectivity index (χ2v) is 9.07. The van der Waals surface area contributed by atoms with E-state index in [0.717, 1.165) is 34.5 Å². The van der Waals surface area contributed by atoms with Gasteiger partial charge in [-0.25, -0.2) is 0 Å². The monoisotopic (exact) mass is 461 g/mol. The van der Waals surface area contributed by atoms with E-state index in [1.54, 1.807) is 11.8 Å². The number of rotatable bonds is 10. The zero-order chi connectivity index (χ0) is 19.8. The van der Waals surface area contributed by atoms with Crippen LogP contribution in [0.15, 0.2) is 53.0 Å². The topological polar surface area (TPSA) is 29.5 Å². The summed E-state index contributed by atoms with van der Waals surface area (Å²) < 4.78 is 6.91. The molecule has 28 heavy (non-hydrogen) atoms. The molecule has 0 bridgehead atoms. The fourth-order valence-electron chi connectivity index (χ4n) is 3.35. The summed E-state index contributed by atoms with van der Waals surface area (Å²) in [5.74, 6) is 1.53. The van der Waals surface area contributed by atoms with Crippen molar-refractivity contribution in [1.29, 1.82) is 0 Å². The molecule has 0 unspecified atom stereocenters. The number of carbonyl (C=O) groups is 1. The van der Waals surface area contributed by atoms with Crippen LogP contribution < -0.4 is 9.64 Å². The Morgan fingerprint density at radius 3 is 2.39 bits per heavy atom. The third-order valence-electron chi connectivity index (χ3n) is 4.90. The molecule has 0 saturated carbocycles. The molecule has 2 aromatic carbocycles. The smallest absolute Gasteiger partial charge is 0.238 e. The maximum Gasteiger partial charge on any atom is 0.238 e. The Kier molecular flexibility index (Phi) is 8.28. The van der Waals surface area contributed by atoms with Crippen LogP contribution in [-0.2, 0) is 4.79 Å². The largest absolute Gasteiger partial charge is 0.494 e. The van der Waals surface area contributed by atoms with Crippen LogP contribution in [0.5, 0.6) is 5.75 Å². The minimum Gasteiger partial charge on any atom is -0.494 e. The van der Waals surface area contributed by atoms with Crippen molar-refractivity contribution in [3.05, 3.63) is 58.6 Å². The summed E-state index contributed by atoms with van der Waals surface area (Å²) in [5, 5.41) is 0.0236. The van der Waals surface area contributed by atoms with E-state index in [1.165, 1.54) is 32.1 Å². The Morgan fingerprint density at radius 1 is 1.00 bits per heavy atom. The maximum atomic E-state index is 12.5. The average Bonchev–Trinajstić information content (AvgIpc) is 3.10. The van der Waals surface area contributed by atoms with Crippen LogP contribution in [0.2, 0.25) is 0 Å². The molecule has 0 radical (unpaired) electrons. The van der Waals surface area contributed by atoms with E-state index in [9.17, 15) is 4.79 Å². The lowest BCUT2D eigenvalue weighted by Crippen LogP contribution is -2.27. The summed E-state index contributed by atoms with van der Waals surface area (Å²) in [6, 6.07) is 16.1. The van der Waals surface area contributed by atoms with E-state index in [4.69, 9.17) is 4.74 Å². The molecule has 0 aliphatic carbocycles. The number of carbonyl (C=O) groups excluding carboxylic acids is 1. The first-order valence-electron chi connectivity index (χ1n) is 10.1. The fraction of sp³-hybridized carbons (Fsp3) is 0.435. The molecule has 0 aromatic heterocycles. The Bertz CT molecular complexity index is 748. The molecule has 1 atom stereocenters. The van der Waals surface area contributed by atoms with Gasteiger partial charge in [-0.1, -0.05) is 67.1 Å². The van der Waals surface area contributed by atoms with Crippen LogP contribution in [0, 0.1) is 0 Å². The van der Waals surface area contributed by atoms with Gasteiger partial charge in [0.25, 0.3) is 0 Å². The van der Waals surface area contributed by atoms with Crippen molar-refractivity contribution in [3.8, 4) is 5.75 Å². The van der Waals surface area contributed by atoms with Crippen molar-refractivity contribution in [2.24, 2.45) is 0 Å². The number of nitrogens with zero attached hydrogens (tertiary/aromatic N) is 1. The number of thioether (sulfide) groups is 1. The Labute approximate surface area is 181 Å². The Hall–Kier alpha value is -1.46. The van der Waals surface area contributed by atoms with Crippen molar-refractivity contribution in [3.63, 3.8) is 0 Å². The molecular weight excluding hydrogens is 434 g/mol. The highest BCUT2D eigenvalue weighted by atomic mass is 79.9. The number of anilines is 1. The number of benzene rings is 2. The predicted octanol–water partition coefficient (Wildman–Crippen LogP) is 6.97. The van der Waals surface area contributed by atoms with E-state index in [0.29, 0.717) is 5.75 Å². The predicted molar refractivity (Wildman–Crippen MR) is 122 cm³/mol. The lowest BCUT2D eigenvalue weighted by molar-refractivity contribution is -0.115. The summed E-state index contributed by atoms with van der Waals surface area (Å²) in [5.41, 5.74) is 2.07. The molecule has 1 heterocycles. The molecule has 0 spiro atoms. The number of amides is 1. The molecule has 5 heteroatoms. The van der Waals surface area contributed by atoms with Crippen LogP contribution in [0.1, 0.15) is 56.4 Å². The lowest BCUT2D eigenvalue weighted by atomic mass is 10.1. The van der Waals surface area contributed by atoms with E-state index < -0.39 is 0 Å². The standard InChI is InChI=1S/C23H28BrNO2S/c1-2-3-4-5-6-7-16-27-21-14-12-20(13-15-21)25-22(26)17-28-23(25)18-8-10-19(24)11-9-18/h8-15,23H,2-7,16-17H2,1H3/t23-/m1/s1. The quantitative estimate of drug-likeness (QED) is 0.357. The van der Waals surface area contributed by atoms with Gasteiger partial charge in [0.15, 0.2) is 0 Å². The molecule has 150 valence electrons. The minimum atomic E-state index is 0.0236. The Balaban J connectivity index is 1.55. The minimum absolute atomic E-state index is 0.0236. The highest BCUT2D eigenvalue weighted by Gasteiger charge is 2.33. The van der Waals surface area contributed by atoms with Gasteiger partial charge in [-0.15, -0.1) is 11.8 Å². The van der Waals surface area contributed by atoms with Crippen molar-refractivity contribution >= 4 is 39.3 Å². The zero-order valence-corrected chi connectivity index (χ0v) is 18.8. The molecule has 1 fully saturated rings. The van der Waals surface area contributed by atoms with Gasteiger partial charge in [-0.2, -0.15) is 0 Å². The summed E-state index contributed by atoms with van der Waals surface area (Å²) in [6.45, 7) is 2.99. The highest BCUT2D eigenvalue weighted by Crippen LogP contribution is 2.42. The molecular formula is C23H28BrNO2S. The molecule has 3 nitrogen and oxygen atoms in total. The van der Waals surface area contributed by atoms with Crippen LogP contribution in [0.25, 0.3) is 0 Å². The first-order valence-corrected chi connectivity index (χ1v) is 11.9. The third kappa shape index (κ3) is 5.77. The van der Waals surface area contributed by atoms with Gasteiger partial charge in [0, 0.05) is 10.2 Å². The van der Waals surface area contributed by atoms with Gasteiger partial charge < -0.3 is 4.74 Å². The molecule has 1 aliphatic rings. The van der Waals surface area contributed by atoms with E-state index in [-0.39, 0.29) is 11.3 Å². The number of halogens is 1. The van der Waals surface area contributed by atoms with Crippen molar-refractivity contribution in [2.75, 3.05) is 17.3 Å². The van der Waals surface area contributed by atoms with Crippen LogP contribution in [0.4, 0.5) is 5.69 Å². The normalized spacial score (nSPS) is 16.6. The SMILES string of the molecule is CCCCCCCCOc1ccc(N2C(=O)CS[C@@H]2c2ccc(Br)cc2)cc1. The molecule has 1 saturated heterocycles. The summed E-state index contributed by atoms with van der Waals surface area (Å²) in [4.78, 5) is 14.4. The van der Waals surface area contributed by atoms with Gasteiger partial charge in [-0.3, -0.25) is 9.69 Å². The van der Waals surface area contributed by atoms with Crippen LogP contribution in [0.3, 0.4) is 0 Å². The van der Waals surface area contributed by atoms with E-state index in [1.807, 2.05) is 41.3 Å². The summed E-state index contributed by atoms with van der Waals surface area (Å²) in [7, 11) is 0. The zero-order valence-electron chi connectivity index (χ0n) is 16.4. The second-order valence-electron chi connectivity index (χ2n) is 7.09. The first kappa shape index (κ1) is 21.3. The molecule has 0 N–H and O–H groups in total. The molecule has 1 amide bonds. The first-order chi connectivity index (χ1) is 13.7. The summed E-state index contributed by atoms with van der Waals surface area (Å²) in [6.07, 6.45) is 7.56. The number of unbranched alkanes of at least 4 members (excludes halogenated alkanes) is 5. The van der Waals surface area contributed by atoms with Gasteiger partial charge in [0.05, 0.1) is 12.4 Å². The van der Waals surface area contributed by atoms with E-state index >= 15 is 0 Å². The number of hydrogen-bond acceptors (Lipinski definition) is 3. The van der Waals surface area contributed by atoms with Crippen LogP contribution >= 0.6 is 27.7 Å². The van der Waals surface area contributed by atoms with Crippen molar-refractivity contribution < 1.29 is 9.53 Å². The third-order valence-corrected chi connectivity index (χ3v) is 6.65. The maximum absolute atomic E-state index is 12.5. The molecule has 2 aromatic rings. The summed E-state index contributed by atoms with van der Waals surface area (Å²) >= 11 is 5.15. The molecule has 1 aliphatic heterocycles. The van der Waals surface area contributed by atoms with Crippen LogP contribution in [-0.4, -0.2) is 18.3 Å². The van der Waals surface area contributed by atoms with Crippen molar-refractivity contribution in [1.82, 2.24) is 0 Å². The van der Waals surface area contributed by atoms with Gasteiger partial charge >= 0.3 is 0 Å². The van der Waals surface area contributed by atoms with Gasteiger partial charge in [0.1, 0.15) is 11.1 Å². The van der Waals surface area contributed by atoms with Crippen molar-refractivity contribution in [2.45, 2.75) is 50.8 Å². The lowest BCUT2D eigenvalue weighted by Gasteiger charge is -2.24. The molecule has 3 rings (SSSR count). The second kappa shape index (κ2) is 10.9. The number of hydrogen-bond donors (Lipinski definition) is 0. The average molecular weight is 462 g/mol. The van der Waals surface area contributed by atoms with E-state index in [2.05, 4.69) is 35.0 Å². The number of ether oxygens (including phenoxy) is 1.